The summed E-state index contributed by atoms with van der Waals surface area (Å²) in [7, 11) is 4.07. The van der Waals surface area contributed by atoms with Gasteiger partial charge in [-0.05, 0) is 19.9 Å². The van der Waals surface area contributed by atoms with Crippen LogP contribution in [0.2, 0.25) is 0 Å². The molecule has 0 unspecified atom stereocenters. The molecule has 0 aliphatic rings. The van der Waals surface area contributed by atoms with Crippen LogP contribution in [0, 0.1) is 0 Å². The van der Waals surface area contributed by atoms with E-state index in [4.69, 9.17) is 0 Å². The van der Waals surface area contributed by atoms with Crippen molar-refractivity contribution in [2.45, 2.75) is 19.4 Å². The van der Waals surface area contributed by atoms with Gasteiger partial charge in [-0.15, -0.1) is 0 Å². The molecule has 1 aromatic rings. The zero-order valence-electron chi connectivity index (χ0n) is 13.2. The van der Waals surface area contributed by atoms with E-state index in [9.17, 15) is 19.2 Å². The topological polar surface area (TPSA) is 99.4 Å². The van der Waals surface area contributed by atoms with E-state index in [-0.39, 0.29) is 5.56 Å². The number of aromatic nitrogens is 2. The van der Waals surface area contributed by atoms with Crippen LogP contribution in [0.25, 0.3) is 6.08 Å². The third-order valence-electron chi connectivity index (χ3n) is 3.02. The van der Waals surface area contributed by atoms with E-state index in [2.05, 4.69) is 10.1 Å². The minimum atomic E-state index is -1.19. The Morgan fingerprint density at radius 3 is 2.41 bits per heavy atom. The van der Waals surface area contributed by atoms with E-state index in [1.54, 1.807) is 0 Å². The van der Waals surface area contributed by atoms with Crippen molar-refractivity contribution in [1.29, 1.82) is 0 Å². The van der Waals surface area contributed by atoms with Gasteiger partial charge in [-0.3, -0.25) is 14.2 Å². The molecule has 0 spiro atoms. The average Bonchev–Trinajstić information content (AvgIpc) is 2.45. The van der Waals surface area contributed by atoms with Crippen molar-refractivity contribution in [3.8, 4) is 0 Å². The average molecular weight is 309 g/mol. The number of methoxy groups -OCH3 is 1. The monoisotopic (exact) mass is 309 g/mol. The number of nitrogens with zero attached hydrogens (tertiary/aromatic N) is 2. The second kappa shape index (κ2) is 6.42. The second-order valence-corrected chi connectivity index (χ2v) is 5.28. The lowest BCUT2D eigenvalue weighted by Gasteiger charge is -2.22. The van der Waals surface area contributed by atoms with E-state index < -0.39 is 28.7 Å². The van der Waals surface area contributed by atoms with Crippen molar-refractivity contribution < 1.29 is 14.3 Å². The third kappa shape index (κ3) is 3.72. The largest absolute Gasteiger partial charge is 0.467 e. The van der Waals surface area contributed by atoms with Gasteiger partial charge >= 0.3 is 11.7 Å². The quantitative estimate of drug-likeness (QED) is 0.578. The molecule has 0 aromatic carbocycles. The predicted molar refractivity (Wildman–Crippen MR) is 80.2 cm³/mol. The Kier molecular flexibility index (Phi) is 5.08. The van der Waals surface area contributed by atoms with Crippen molar-refractivity contribution in [3.63, 3.8) is 0 Å². The van der Waals surface area contributed by atoms with Crippen molar-refractivity contribution in [1.82, 2.24) is 14.5 Å². The van der Waals surface area contributed by atoms with Crippen molar-refractivity contribution in [2.75, 3.05) is 7.11 Å². The second-order valence-electron chi connectivity index (χ2n) is 5.28. The van der Waals surface area contributed by atoms with Crippen LogP contribution in [0.4, 0.5) is 0 Å². The van der Waals surface area contributed by atoms with Gasteiger partial charge in [0.15, 0.2) is 0 Å². The van der Waals surface area contributed by atoms with E-state index >= 15 is 0 Å². The Morgan fingerprint density at radius 1 is 1.27 bits per heavy atom. The SMILES string of the molecule is COC(=O)C(C)(C)NC(=O)/C=C/c1cn(C)c(=O)n(C)c1=O. The lowest BCUT2D eigenvalue weighted by atomic mass is 10.1. The molecule has 0 fully saturated rings. The lowest BCUT2D eigenvalue weighted by molar-refractivity contribution is -0.148. The Labute approximate surface area is 127 Å². The van der Waals surface area contributed by atoms with Crippen LogP contribution >= 0.6 is 0 Å². The molecular formula is C14H19N3O5. The van der Waals surface area contributed by atoms with Crippen LogP contribution in [0.15, 0.2) is 21.9 Å². The predicted octanol–water partition coefficient (Wildman–Crippen LogP) is -0.835. The van der Waals surface area contributed by atoms with E-state index in [1.807, 2.05) is 0 Å². The summed E-state index contributed by atoms with van der Waals surface area (Å²) in [5, 5.41) is 2.46. The molecule has 120 valence electrons. The Morgan fingerprint density at radius 2 is 1.86 bits per heavy atom. The molecule has 0 saturated heterocycles. The van der Waals surface area contributed by atoms with Crippen molar-refractivity contribution >= 4 is 18.0 Å². The molecule has 1 rings (SSSR count). The zero-order valence-corrected chi connectivity index (χ0v) is 13.2. The van der Waals surface area contributed by atoms with Gasteiger partial charge in [0, 0.05) is 26.4 Å². The van der Waals surface area contributed by atoms with E-state index in [1.165, 1.54) is 51.9 Å². The number of rotatable bonds is 4. The van der Waals surface area contributed by atoms with Gasteiger partial charge in [0.1, 0.15) is 5.54 Å². The highest BCUT2D eigenvalue weighted by molar-refractivity contribution is 5.95. The Balaban J connectivity index is 2.99. The van der Waals surface area contributed by atoms with Gasteiger partial charge in [-0.1, -0.05) is 0 Å². The normalized spacial score (nSPS) is 11.5. The highest BCUT2D eigenvalue weighted by Crippen LogP contribution is 2.04. The first kappa shape index (κ1) is 17.4. The molecule has 0 saturated carbocycles. The van der Waals surface area contributed by atoms with E-state index in [0.717, 1.165) is 10.6 Å². The fraction of sp³-hybridized carbons (Fsp3) is 0.429. The van der Waals surface area contributed by atoms with Crippen molar-refractivity contribution in [3.05, 3.63) is 38.7 Å². The summed E-state index contributed by atoms with van der Waals surface area (Å²) in [6, 6.07) is 0. The zero-order chi connectivity index (χ0) is 17.1. The Bertz CT molecular complexity index is 740. The molecule has 0 aliphatic heterocycles. The van der Waals surface area contributed by atoms with Crippen LogP contribution in [-0.4, -0.2) is 33.7 Å². The summed E-state index contributed by atoms with van der Waals surface area (Å²) in [5.74, 6) is -1.15. The van der Waals surface area contributed by atoms with Crippen LogP contribution in [0.5, 0.6) is 0 Å². The lowest BCUT2D eigenvalue weighted by Crippen LogP contribution is -2.49. The first-order valence-corrected chi connectivity index (χ1v) is 6.45. The van der Waals surface area contributed by atoms with Gasteiger partial charge in [0.25, 0.3) is 5.56 Å². The van der Waals surface area contributed by atoms with Gasteiger partial charge in [-0.2, -0.15) is 0 Å². The van der Waals surface area contributed by atoms with Crippen LogP contribution < -0.4 is 16.6 Å². The van der Waals surface area contributed by atoms with Crippen LogP contribution in [-0.2, 0) is 28.4 Å². The Hall–Kier alpha value is -2.64. The van der Waals surface area contributed by atoms with Gasteiger partial charge in [-0.25, -0.2) is 9.59 Å². The molecule has 0 bridgehead atoms. The minimum Gasteiger partial charge on any atom is -0.467 e. The fourth-order valence-electron chi connectivity index (χ4n) is 1.77. The molecule has 0 atom stereocenters. The number of esters is 1. The summed E-state index contributed by atoms with van der Waals surface area (Å²) in [5.41, 5.74) is -1.99. The van der Waals surface area contributed by atoms with Gasteiger partial charge in [0.2, 0.25) is 5.91 Å². The summed E-state index contributed by atoms with van der Waals surface area (Å²) in [6.45, 7) is 2.99. The van der Waals surface area contributed by atoms with E-state index in [0.29, 0.717) is 0 Å². The molecule has 1 amide bonds. The minimum absolute atomic E-state index is 0.177. The number of nitrogens with one attached hydrogen (secondary N) is 1. The summed E-state index contributed by atoms with van der Waals surface area (Å²) in [4.78, 5) is 46.7. The smallest absolute Gasteiger partial charge is 0.330 e. The molecule has 1 heterocycles. The van der Waals surface area contributed by atoms with Crippen molar-refractivity contribution in [2.24, 2.45) is 14.1 Å². The number of carbonyl (C=O) groups is 2. The maximum Gasteiger partial charge on any atom is 0.330 e. The van der Waals surface area contributed by atoms with Gasteiger partial charge < -0.3 is 14.6 Å². The maximum absolute atomic E-state index is 11.9. The first-order chi connectivity index (χ1) is 10.1. The standard InChI is InChI=1S/C14H19N3O5/c1-14(2,12(20)22-5)15-10(18)7-6-9-8-16(3)13(21)17(4)11(9)19/h6-8H,1-5H3,(H,15,18)/b7-6+. The number of carbonyl (C=O) groups excluding carboxylic acids is 2. The maximum atomic E-state index is 11.9. The number of ether oxygens (including phenoxy) is 1. The highest BCUT2D eigenvalue weighted by Gasteiger charge is 2.29. The summed E-state index contributed by atoms with van der Waals surface area (Å²) < 4.78 is 6.75. The molecule has 1 N–H and O–H groups in total. The summed E-state index contributed by atoms with van der Waals surface area (Å²) >= 11 is 0. The molecule has 8 heteroatoms. The van der Waals surface area contributed by atoms with Crippen LogP contribution in [0.3, 0.4) is 0 Å². The molecule has 0 aliphatic carbocycles. The number of aryl methyl sites for hydroxylation is 1. The number of hydrogen-bond acceptors (Lipinski definition) is 5. The first-order valence-electron chi connectivity index (χ1n) is 6.45. The third-order valence-corrected chi connectivity index (χ3v) is 3.02. The molecule has 1 aromatic heterocycles. The molecule has 0 radical (unpaired) electrons. The summed E-state index contributed by atoms with van der Waals surface area (Å²) in [6.07, 6.45) is 3.73. The van der Waals surface area contributed by atoms with Crippen LogP contribution in [0.1, 0.15) is 19.4 Å². The highest BCUT2D eigenvalue weighted by atomic mass is 16.5. The fourth-order valence-corrected chi connectivity index (χ4v) is 1.77. The molecule has 8 nitrogen and oxygen atoms in total. The molecular weight excluding hydrogens is 290 g/mol. The number of hydrogen-bond donors (Lipinski definition) is 1. The van der Waals surface area contributed by atoms with Gasteiger partial charge in [0.05, 0.1) is 12.7 Å². The molecule has 22 heavy (non-hydrogen) atoms. The number of amides is 1.